The normalized spacial score (nSPS) is 30.2. The molecule has 2 fully saturated rings. The molecule has 1 N–H and O–H groups in total. The van der Waals surface area contributed by atoms with E-state index in [1.165, 1.54) is 38.8 Å². The summed E-state index contributed by atoms with van der Waals surface area (Å²) < 4.78 is 5.35. The molecule has 0 bridgehead atoms. The summed E-state index contributed by atoms with van der Waals surface area (Å²) in [6.07, 6.45) is 10.5. The molecule has 1 amide bonds. The highest BCUT2D eigenvalue weighted by molar-refractivity contribution is 6.52. The Balaban J connectivity index is 1.44. The maximum atomic E-state index is 12.9. The number of aliphatic imine (C=N–C) groups is 1. The van der Waals surface area contributed by atoms with Gasteiger partial charge in [0.15, 0.2) is 4.87 Å². The molecule has 0 saturated carbocycles. The van der Waals surface area contributed by atoms with Gasteiger partial charge in [-0.1, -0.05) is 11.6 Å². The number of fused-ring (bicyclic) bond motifs is 2. The van der Waals surface area contributed by atoms with Gasteiger partial charge in [0, 0.05) is 18.6 Å². The van der Waals surface area contributed by atoms with Crippen molar-refractivity contribution < 1.29 is 9.53 Å². The molecule has 3 heterocycles. The lowest BCUT2D eigenvalue weighted by Crippen LogP contribution is -2.50. The first-order chi connectivity index (χ1) is 12.1. The molecular formula is C19H26ClN3O2. The van der Waals surface area contributed by atoms with Crippen molar-refractivity contribution >= 4 is 23.2 Å². The Morgan fingerprint density at radius 1 is 1.40 bits per heavy atom. The molecule has 1 aliphatic carbocycles. The molecule has 3 aliphatic heterocycles. The average Bonchev–Trinajstić information content (AvgIpc) is 3.29. The van der Waals surface area contributed by atoms with E-state index in [-0.39, 0.29) is 5.91 Å². The second-order valence-electron chi connectivity index (χ2n) is 7.54. The van der Waals surface area contributed by atoms with Crippen molar-refractivity contribution in [2.45, 2.75) is 48.9 Å². The number of halogens is 1. The first-order valence-corrected chi connectivity index (χ1v) is 9.70. The molecule has 1 unspecified atom stereocenters. The number of nitrogens with one attached hydrogen (secondary N) is 1. The van der Waals surface area contributed by atoms with Crippen LogP contribution in [0.15, 0.2) is 28.5 Å². The van der Waals surface area contributed by atoms with Gasteiger partial charge < -0.3 is 10.1 Å². The number of methoxy groups -OCH3 is 1. The minimum Gasteiger partial charge on any atom is -0.497 e. The van der Waals surface area contributed by atoms with Crippen molar-refractivity contribution in [2.75, 3.05) is 33.3 Å². The lowest BCUT2D eigenvalue weighted by atomic mass is 9.88. The molecule has 1 atom stereocenters. The number of hydrogen-bond donors (Lipinski definition) is 1. The van der Waals surface area contributed by atoms with Crippen LogP contribution >= 0.6 is 11.6 Å². The van der Waals surface area contributed by atoms with E-state index < -0.39 is 4.87 Å². The van der Waals surface area contributed by atoms with E-state index in [0.717, 1.165) is 18.4 Å². The fourth-order valence-corrected chi connectivity index (χ4v) is 5.29. The maximum Gasteiger partial charge on any atom is 0.251 e. The third-order valence-corrected chi connectivity index (χ3v) is 6.67. The van der Waals surface area contributed by atoms with Gasteiger partial charge in [0.25, 0.3) is 5.91 Å². The van der Waals surface area contributed by atoms with Crippen LogP contribution in [0.5, 0.6) is 0 Å². The Morgan fingerprint density at radius 2 is 2.16 bits per heavy atom. The minimum atomic E-state index is -1.24. The third-order valence-electron chi connectivity index (χ3n) is 6.21. The Hall–Kier alpha value is -1.33. The van der Waals surface area contributed by atoms with Gasteiger partial charge in [-0.2, -0.15) is 0 Å². The minimum absolute atomic E-state index is 0.186. The Bertz CT molecular complexity index is 660. The summed E-state index contributed by atoms with van der Waals surface area (Å²) in [6.45, 7) is 3.76. The number of carbonyl (C=O) groups excluding carboxylic acids is 1. The van der Waals surface area contributed by atoms with Crippen molar-refractivity contribution in [2.24, 2.45) is 4.99 Å². The largest absolute Gasteiger partial charge is 0.497 e. The van der Waals surface area contributed by atoms with Crippen LogP contribution in [-0.4, -0.2) is 60.2 Å². The SMILES string of the molecule is COC1=CC(Cl)(C(=O)NCCC23CCCN2CCC3)C2=NCCC2=C1. The number of ether oxygens (including phenoxy) is 1. The van der Waals surface area contributed by atoms with Gasteiger partial charge in [-0.15, -0.1) is 0 Å². The van der Waals surface area contributed by atoms with Gasteiger partial charge in [0.2, 0.25) is 0 Å². The third kappa shape index (κ3) is 2.81. The van der Waals surface area contributed by atoms with Gasteiger partial charge in [0.05, 0.1) is 12.8 Å². The number of alkyl halides is 1. The fourth-order valence-electron chi connectivity index (χ4n) is 4.94. The highest BCUT2D eigenvalue weighted by atomic mass is 35.5. The number of hydrogen-bond acceptors (Lipinski definition) is 4. The lowest BCUT2D eigenvalue weighted by Gasteiger charge is -2.33. The monoisotopic (exact) mass is 363 g/mol. The highest BCUT2D eigenvalue weighted by Gasteiger charge is 2.46. The summed E-state index contributed by atoms with van der Waals surface area (Å²) in [5.74, 6) is 0.450. The van der Waals surface area contributed by atoms with E-state index in [9.17, 15) is 4.79 Å². The molecule has 5 nitrogen and oxygen atoms in total. The first kappa shape index (κ1) is 17.1. The molecule has 0 aromatic heterocycles. The van der Waals surface area contributed by atoms with E-state index in [1.54, 1.807) is 13.2 Å². The van der Waals surface area contributed by atoms with Crippen molar-refractivity contribution in [1.82, 2.24) is 10.2 Å². The second-order valence-corrected chi connectivity index (χ2v) is 8.13. The van der Waals surface area contributed by atoms with Crippen LogP contribution in [0.25, 0.3) is 0 Å². The summed E-state index contributed by atoms with van der Waals surface area (Å²) in [7, 11) is 1.60. The summed E-state index contributed by atoms with van der Waals surface area (Å²) in [6, 6.07) is 0. The van der Waals surface area contributed by atoms with Crippen molar-refractivity contribution in [3.63, 3.8) is 0 Å². The number of carbonyl (C=O) groups is 1. The summed E-state index contributed by atoms with van der Waals surface area (Å²) in [5.41, 5.74) is 2.01. The fraction of sp³-hybridized carbons (Fsp3) is 0.684. The van der Waals surface area contributed by atoms with Gasteiger partial charge in [-0.05, 0) is 69.3 Å². The molecule has 4 rings (SSSR count). The smallest absolute Gasteiger partial charge is 0.251 e. The summed E-state index contributed by atoms with van der Waals surface area (Å²) in [4.78, 5) is 18.8. The number of nitrogens with zero attached hydrogens (tertiary/aromatic N) is 2. The Kier molecular flexibility index (Phi) is 4.40. The van der Waals surface area contributed by atoms with Crippen LogP contribution < -0.4 is 5.32 Å². The van der Waals surface area contributed by atoms with Crippen molar-refractivity contribution in [3.8, 4) is 0 Å². The van der Waals surface area contributed by atoms with Gasteiger partial charge in [0.1, 0.15) is 5.76 Å². The number of amides is 1. The van der Waals surface area contributed by atoms with E-state index in [4.69, 9.17) is 16.3 Å². The van der Waals surface area contributed by atoms with Gasteiger partial charge >= 0.3 is 0 Å². The zero-order valence-corrected chi connectivity index (χ0v) is 15.6. The van der Waals surface area contributed by atoms with Gasteiger partial charge in [-0.25, -0.2) is 0 Å². The predicted octanol–water partition coefficient (Wildman–Crippen LogP) is 2.41. The van der Waals surface area contributed by atoms with Crippen LogP contribution in [0.4, 0.5) is 0 Å². The van der Waals surface area contributed by atoms with E-state index in [0.29, 0.717) is 30.1 Å². The predicted molar refractivity (Wildman–Crippen MR) is 99.1 cm³/mol. The lowest BCUT2D eigenvalue weighted by molar-refractivity contribution is -0.121. The zero-order valence-electron chi connectivity index (χ0n) is 14.8. The summed E-state index contributed by atoms with van der Waals surface area (Å²) in [5, 5.41) is 3.08. The van der Waals surface area contributed by atoms with Crippen LogP contribution in [0.2, 0.25) is 0 Å². The van der Waals surface area contributed by atoms with Gasteiger partial charge in [-0.3, -0.25) is 14.7 Å². The molecule has 0 aromatic carbocycles. The van der Waals surface area contributed by atoms with Crippen LogP contribution in [0, 0.1) is 0 Å². The Labute approximate surface area is 154 Å². The van der Waals surface area contributed by atoms with Crippen LogP contribution in [0.3, 0.4) is 0 Å². The molecule has 0 radical (unpaired) electrons. The van der Waals surface area contributed by atoms with Crippen molar-refractivity contribution in [1.29, 1.82) is 0 Å². The van der Waals surface area contributed by atoms with Crippen LogP contribution in [0.1, 0.15) is 38.5 Å². The number of rotatable bonds is 5. The zero-order chi connectivity index (χ0) is 17.5. The van der Waals surface area contributed by atoms with E-state index in [2.05, 4.69) is 15.2 Å². The molecular weight excluding hydrogens is 338 g/mol. The van der Waals surface area contributed by atoms with E-state index in [1.807, 2.05) is 6.08 Å². The molecule has 0 aromatic rings. The molecule has 6 heteroatoms. The van der Waals surface area contributed by atoms with Crippen LogP contribution in [-0.2, 0) is 9.53 Å². The molecule has 4 aliphatic rings. The maximum absolute atomic E-state index is 12.9. The number of allylic oxidation sites excluding steroid dienone is 1. The second kappa shape index (κ2) is 6.44. The van der Waals surface area contributed by atoms with Crippen molar-refractivity contribution in [3.05, 3.63) is 23.5 Å². The highest BCUT2D eigenvalue weighted by Crippen LogP contribution is 2.41. The van der Waals surface area contributed by atoms with E-state index >= 15 is 0 Å². The molecule has 25 heavy (non-hydrogen) atoms. The topological polar surface area (TPSA) is 53.9 Å². The standard InChI is InChI=1S/C19H26ClN3O2/c1-25-15-12-14-4-8-21-16(14)19(20,13-15)17(24)22-9-7-18-5-2-10-23(18)11-3-6-18/h12-13H,2-11H2,1H3,(H,22,24). The average molecular weight is 364 g/mol. The molecule has 2 saturated heterocycles. The summed E-state index contributed by atoms with van der Waals surface area (Å²) >= 11 is 6.75. The molecule has 0 spiro atoms. The quantitative estimate of drug-likeness (QED) is 0.763. The Morgan fingerprint density at radius 3 is 2.88 bits per heavy atom. The first-order valence-electron chi connectivity index (χ1n) is 9.32. The molecule has 136 valence electrons.